The topological polar surface area (TPSA) is 82.7 Å². The fraction of sp³-hybridized carbons (Fsp3) is 0.308. The van der Waals surface area contributed by atoms with Crippen molar-refractivity contribution in [2.75, 3.05) is 5.32 Å². The molecule has 1 unspecified atom stereocenters. The summed E-state index contributed by atoms with van der Waals surface area (Å²) >= 11 is 0. The quantitative estimate of drug-likeness (QED) is 0.742. The highest BCUT2D eigenvalue weighted by molar-refractivity contribution is 5.95. The average Bonchev–Trinajstić information content (AvgIpc) is 2.85. The number of rotatable bonds is 2. The second kappa shape index (κ2) is 4.81. The molecule has 19 heavy (non-hydrogen) atoms. The number of nitrogens with one attached hydrogen (secondary N) is 3. The highest BCUT2D eigenvalue weighted by Crippen LogP contribution is 2.14. The van der Waals surface area contributed by atoms with Crippen LogP contribution in [0.25, 0.3) is 0 Å². The Labute approximate surface area is 110 Å². The molecule has 98 valence electrons. The molecular weight excluding hydrogens is 242 g/mol. The van der Waals surface area contributed by atoms with Crippen molar-refractivity contribution >= 4 is 11.6 Å². The number of pyridine rings is 1. The molecule has 0 spiro atoms. The number of aromatic amines is 1. The zero-order valence-corrected chi connectivity index (χ0v) is 10.6. The fourth-order valence-electron chi connectivity index (χ4n) is 2.21. The van der Waals surface area contributed by atoms with E-state index in [1.807, 2.05) is 13.0 Å². The van der Waals surface area contributed by atoms with Crippen molar-refractivity contribution in [2.24, 2.45) is 0 Å². The summed E-state index contributed by atoms with van der Waals surface area (Å²) in [5, 5.41) is 6.07. The number of fused-ring (bicyclic) bond motifs is 1. The summed E-state index contributed by atoms with van der Waals surface area (Å²) in [7, 11) is 0. The Kier molecular flexibility index (Phi) is 3.00. The largest absolute Gasteiger partial charge is 0.347 e. The first-order valence-electron chi connectivity index (χ1n) is 6.19. The molecule has 0 saturated carbocycles. The lowest BCUT2D eigenvalue weighted by Crippen LogP contribution is -2.44. The SMILES string of the molecule is Cc1cncc(NC(=O)C2Cc3nc[nH]c3CN2)c1. The maximum absolute atomic E-state index is 12.2. The van der Waals surface area contributed by atoms with Gasteiger partial charge in [0.1, 0.15) is 0 Å². The molecule has 2 aromatic heterocycles. The second-order valence-corrected chi connectivity index (χ2v) is 4.71. The van der Waals surface area contributed by atoms with Crippen LogP contribution in [0.4, 0.5) is 5.69 Å². The van der Waals surface area contributed by atoms with Crippen LogP contribution in [0.3, 0.4) is 0 Å². The number of hydrogen-bond donors (Lipinski definition) is 3. The Morgan fingerprint density at radius 2 is 2.37 bits per heavy atom. The highest BCUT2D eigenvalue weighted by Gasteiger charge is 2.25. The van der Waals surface area contributed by atoms with Gasteiger partial charge in [-0.05, 0) is 18.6 Å². The van der Waals surface area contributed by atoms with Crippen LogP contribution in [-0.2, 0) is 17.8 Å². The van der Waals surface area contributed by atoms with Gasteiger partial charge >= 0.3 is 0 Å². The van der Waals surface area contributed by atoms with E-state index in [0.29, 0.717) is 13.0 Å². The van der Waals surface area contributed by atoms with Crippen LogP contribution < -0.4 is 10.6 Å². The van der Waals surface area contributed by atoms with Gasteiger partial charge in [-0.2, -0.15) is 0 Å². The number of amides is 1. The van der Waals surface area contributed by atoms with Gasteiger partial charge < -0.3 is 10.3 Å². The number of carbonyl (C=O) groups excluding carboxylic acids is 1. The molecular formula is C13H15N5O. The summed E-state index contributed by atoms with van der Waals surface area (Å²) in [6, 6.07) is 1.64. The van der Waals surface area contributed by atoms with E-state index >= 15 is 0 Å². The number of carbonyl (C=O) groups is 1. The van der Waals surface area contributed by atoms with E-state index < -0.39 is 0 Å². The zero-order chi connectivity index (χ0) is 13.2. The molecule has 1 aliphatic heterocycles. The maximum atomic E-state index is 12.2. The molecule has 2 aromatic rings. The second-order valence-electron chi connectivity index (χ2n) is 4.71. The fourth-order valence-corrected chi connectivity index (χ4v) is 2.21. The maximum Gasteiger partial charge on any atom is 0.241 e. The van der Waals surface area contributed by atoms with Crippen molar-refractivity contribution in [2.45, 2.75) is 25.9 Å². The van der Waals surface area contributed by atoms with Gasteiger partial charge in [0, 0.05) is 19.2 Å². The van der Waals surface area contributed by atoms with E-state index in [2.05, 4.69) is 25.6 Å². The lowest BCUT2D eigenvalue weighted by Gasteiger charge is -2.22. The van der Waals surface area contributed by atoms with Gasteiger partial charge in [-0.25, -0.2) is 4.98 Å². The van der Waals surface area contributed by atoms with Crippen LogP contribution in [0, 0.1) is 6.92 Å². The zero-order valence-electron chi connectivity index (χ0n) is 10.6. The van der Waals surface area contributed by atoms with Gasteiger partial charge in [0.25, 0.3) is 0 Å². The summed E-state index contributed by atoms with van der Waals surface area (Å²) in [5.41, 5.74) is 3.76. The number of H-pyrrole nitrogens is 1. The molecule has 3 N–H and O–H groups in total. The number of aromatic nitrogens is 3. The molecule has 0 radical (unpaired) electrons. The van der Waals surface area contributed by atoms with Crippen molar-refractivity contribution in [3.8, 4) is 0 Å². The predicted octanol–water partition coefficient (Wildman–Crippen LogP) is 0.766. The first kappa shape index (κ1) is 11.9. The van der Waals surface area contributed by atoms with E-state index in [1.54, 1.807) is 18.7 Å². The molecule has 0 aromatic carbocycles. The van der Waals surface area contributed by atoms with Crippen LogP contribution in [0.2, 0.25) is 0 Å². The van der Waals surface area contributed by atoms with E-state index in [-0.39, 0.29) is 11.9 Å². The molecule has 1 amide bonds. The number of anilines is 1. The van der Waals surface area contributed by atoms with Gasteiger partial charge in [0.2, 0.25) is 5.91 Å². The van der Waals surface area contributed by atoms with E-state index in [0.717, 1.165) is 22.6 Å². The van der Waals surface area contributed by atoms with Crippen LogP contribution >= 0.6 is 0 Å². The van der Waals surface area contributed by atoms with Gasteiger partial charge in [0.05, 0.1) is 35.6 Å². The minimum absolute atomic E-state index is 0.0546. The van der Waals surface area contributed by atoms with Gasteiger partial charge in [-0.3, -0.25) is 15.1 Å². The van der Waals surface area contributed by atoms with Gasteiger partial charge in [0.15, 0.2) is 0 Å². The molecule has 0 bridgehead atoms. The van der Waals surface area contributed by atoms with Crippen LogP contribution in [0.15, 0.2) is 24.8 Å². The Morgan fingerprint density at radius 1 is 1.47 bits per heavy atom. The molecule has 6 nitrogen and oxygen atoms in total. The third kappa shape index (κ3) is 2.48. The number of nitrogens with zero attached hydrogens (tertiary/aromatic N) is 2. The lowest BCUT2D eigenvalue weighted by atomic mass is 10.0. The Morgan fingerprint density at radius 3 is 3.21 bits per heavy atom. The Hall–Kier alpha value is -2.21. The molecule has 1 aliphatic rings. The summed E-state index contributed by atoms with van der Waals surface area (Å²) in [4.78, 5) is 23.5. The molecule has 6 heteroatoms. The van der Waals surface area contributed by atoms with Gasteiger partial charge in [-0.1, -0.05) is 0 Å². The van der Waals surface area contributed by atoms with Crippen molar-refractivity contribution in [1.82, 2.24) is 20.3 Å². The van der Waals surface area contributed by atoms with Crippen LogP contribution in [0.5, 0.6) is 0 Å². The smallest absolute Gasteiger partial charge is 0.241 e. The molecule has 1 atom stereocenters. The summed E-state index contributed by atoms with van der Waals surface area (Å²) in [6.07, 6.45) is 5.67. The average molecular weight is 257 g/mol. The van der Waals surface area contributed by atoms with E-state index in [9.17, 15) is 4.79 Å². The summed E-state index contributed by atoms with van der Waals surface area (Å²) < 4.78 is 0. The number of aryl methyl sites for hydroxylation is 1. The molecule has 0 aliphatic carbocycles. The first-order valence-corrected chi connectivity index (χ1v) is 6.19. The Bertz CT molecular complexity index is 607. The summed E-state index contributed by atoms with van der Waals surface area (Å²) in [6.45, 7) is 2.58. The molecule has 0 fully saturated rings. The molecule has 3 rings (SSSR count). The standard InChI is InChI=1S/C13H15N5O/c1-8-2-9(5-14-4-8)18-13(19)11-3-10-12(6-15-11)17-7-16-10/h2,4-5,7,11,15H,3,6H2,1H3,(H,16,17)(H,18,19). The monoisotopic (exact) mass is 257 g/mol. The Balaban J connectivity index is 1.69. The van der Waals surface area contributed by atoms with Crippen molar-refractivity contribution in [3.05, 3.63) is 41.7 Å². The van der Waals surface area contributed by atoms with Gasteiger partial charge in [-0.15, -0.1) is 0 Å². The van der Waals surface area contributed by atoms with Crippen molar-refractivity contribution < 1.29 is 4.79 Å². The van der Waals surface area contributed by atoms with E-state index in [1.165, 1.54) is 0 Å². The molecule has 3 heterocycles. The number of imidazole rings is 1. The predicted molar refractivity (Wildman–Crippen MR) is 70.5 cm³/mol. The van der Waals surface area contributed by atoms with Crippen LogP contribution in [0.1, 0.15) is 17.0 Å². The highest BCUT2D eigenvalue weighted by atomic mass is 16.2. The van der Waals surface area contributed by atoms with E-state index in [4.69, 9.17) is 0 Å². The van der Waals surface area contributed by atoms with Crippen molar-refractivity contribution in [1.29, 1.82) is 0 Å². The van der Waals surface area contributed by atoms with Crippen LogP contribution in [-0.4, -0.2) is 26.9 Å². The first-order chi connectivity index (χ1) is 9.22. The van der Waals surface area contributed by atoms with Crippen molar-refractivity contribution in [3.63, 3.8) is 0 Å². The minimum Gasteiger partial charge on any atom is -0.347 e. The third-order valence-corrected chi connectivity index (χ3v) is 3.19. The minimum atomic E-state index is -0.253. The third-order valence-electron chi connectivity index (χ3n) is 3.19. The summed E-state index contributed by atoms with van der Waals surface area (Å²) in [5.74, 6) is -0.0546. The normalized spacial score (nSPS) is 17.8. The lowest BCUT2D eigenvalue weighted by molar-refractivity contribution is -0.118. The molecule has 0 saturated heterocycles. The number of hydrogen-bond acceptors (Lipinski definition) is 4.